The van der Waals surface area contributed by atoms with Gasteiger partial charge in [-0.15, -0.1) is 0 Å². The Morgan fingerprint density at radius 2 is 2.00 bits per heavy atom. The van der Waals surface area contributed by atoms with Gasteiger partial charge < -0.3 is 9.47 Å². The predicted octanol–water partition coefficient (Wildman–Crippen LogP) is 3.57. The highest BCUT2D eigenvalue weighted by molar-refractivity contribution is 6.31. The van der Waals surface area contributed by atoms with Crippen LogP contribution in [-0.4, -0.2) is 34.5 Å². The molecular formula is C19H16ClN3O2. The first-order valence-electron chi connectivity index (χ1n) is 8.15. The summed E-state index contributed by atoms with van der Waals surface area (Å²) in [5, 5.41) is 8.71. The zero-order valence-corrected chi connectivity index (χ0v) is 14.2. The zero-order chi connectivity index (χ0) is 17.1. The van der Waals surface area contributed by atoms with Crippen LogP contribution in [0, 0.1) is 11.8 Å². The number of fused-ring (bicyclic) bond motifs is 1. The van der Waals surface area contributed by atoms with Gasteiger partial charge in [-0.1, -0.05) is 29.7 Å². The molecule has 6 heteroatoms. The lowest BCUT2D eigenvalue weighted by molar-refractivity contribution is 0.0244. The van der Waals surface area contributed by atoms with Crippen LogP contribution in [0.25, 0.3) is 10.9 Å². The number of nitrogens with zero attached hydrogens (tertiary/aromatic N) is 2. The van der Waals surface area contributed by atoms with E-state index in [-0.39, 0.29) is 6.10 Å². The van der Waals surface area contributed by atoms with Crippen LogP contribution in [0.2, 0.25) is 5.02 Å². The molecule has 0 unspecified atom stereocenters. The molecule has 0 aliphatic carbocycles. The molecule has 4 rings (SSSR count). The van der Waals surface area contributed by atoms with Crippen LogP contribution < -0.4 is 4.74 Å². The predicted molar refractivity (Wildman–Crippen MR) is 95.8 cm³/mol. The molecule has 1 aliphatic rings. The molecule has 1 saturated heterocycles. The molecule has 5 nitrogen and oxygen atoms in total. The summed E-state index contributed by atoms with van der Waals surface area (Å²) in [5.41, 5.74) is 2.21. The molecule has 25 heavy (non-hydrogen) atoms. The highest BCUT2D eigenvalue weighted by Crippen LogP contribution is 2.27. The van der Waals surface area contributed by atoms with Crippen molar-refractivity contribution in [2.75, 3.05) is 13.2 Å². The van der Waals surface area contributed by atoms with Crippen LogP contribution in [0.4, 0.5) is 0 Å². The summed E-state index contributed by atoms with van der Waals surface area (Å²) in [4.78, 5) is 4.39. The number of aromatic nitrogens is 3. The number of hydrogen-bond acceptors (Lipinski definition) is 4. The van der Waals surface area contributed by atoms with Gasteiger partial charge in [-0.2, -0.15) is 5.10 Å². The number of hydrogen-bond donors (Lipinski definition) is 1. The average molecular weight is 354 g/mol. The van der Waals surface area contributed by atoms with Crippen LogP contribution in [0.15, 0.2) is 36.5 Å². The minimum absolute atomic E-state index is 0.103. The molecule has 3 heterocycles. The molecule has 126 valence electrons. The normalized spacial score (nSPS) is 14.9. The Morgan fingerprint density at radius 3 is 2.84 bits per heavy atom. The Bertz CT molecular complexity index is 952. The minimum atomic E-state index is 0.103. The highest BCUT2D eigenvalue weighted by Gasteiger charge is 2.19. The van der Waals surface area contributed by atoms with Crippen molar-refractivity contribution in [3.05, 3.63) is 52.8 Å². The van der Waals surface area contributed by atoms with Gasteiger partial charge in [0.2, 0.25) is 5.88 Å². The average Bonchev–Trinajstić information content (AvgIpc) is 3.06. The third-order valence-corrected chi connectivity index (χ3v) is 4.41. The molecule has 1 fully saturated rings. The maximum Gasteiger partial charge on any atom is 0.226 e. The van der Waals surface area contributed by atoms with E-state index in [0.717, 1.165) is 29.3 Å². The number of H-pyrrole nitrogens is 1. The van der Waals surface area contributed by atoms with Crippen molar-refractivity contribution in [3.8, 4) is 17.7 Å². The fourth-order valence-electron chi connectivity index (χ4n) is 2.76. The van der Waals surface area contributed by atoms with E-state index in [2.05, 4.69) is 27.0 Å². The summed E-state index contributed by atoms with van der Waals surface area (Å²) >= 11 is 6.16. The molecule has 0 amide bonds. The van der Waals surface area contributed by atoms with Crippen molar-refractivity contribution in [2.24, 2.45) is 0 Å². The number of benzene rings is 1. The van der Waals surface area contributed by atoms with Gasteiger partial charge in [0.15, 0.2) is 0 Å². The lowest BCUT2D eigenvalue weighted by Gasteiger charge is -2.22. The molecule has 1 N–H and O–H groups in total. The Hall–Kier alpha value is -2.55. The standard InChI is InChI=1S/C19H16ClN3O2/c20-15-4-2-1-3-13(15)5-6-16-18-17(23-22-16)7-10-21-19(18)25-14-8-11-24-12-9-14/h1-4,7,10,14H,8-9,11-12H2,(H,22,23). The van der Waals surface area contributed by atoms with E-state index in [1.54, 1.807) is 6.20 Å². The number of ether oxygens (including phenoxy) is 2. The van der Waals surface area contributed by atoms with Crippen LogP contribution in [0.1, 0.15) is 24.1 Å². The van der Waals surface area contributed by atoms with Crippen LogP contribution in [0.5, 0.6) is 5.88 Å². The quantitative estimate of drug-likeness (QED) is 0.715. The second kappa shape index (κ2) is 7.14. The van der Waals surface area contributed by atoms with E-state index < -0.39 is 0 Å². The third-order valence-electron chi connectivity index (χ3n) is 4.08. The first kappa shape index (κ1) is 15.9. The summed E-state index contributed by atoms with van der Waals surface area (Å²) in [6.07, 6.45) is 3.53. The number of nitrogens with one attached hydrogen (secondary N) is 1. The topological polar surface area (TPSA) is 60.0 Å². The molecule has 1 aromatic carbocycles. The first-order chi connectivity index (χ1) is 12.3. The van der Waals surface area contributed by atoms with E-state index in [4.69, 9.17) is 21.1 Å². The van der Waals surface area contributed by atoms with Crippen molar-refractivity contribution in [2.45, 2.75) is 18.9 Å². The molecule has 0 atom stereocenters. The number of aromatic amines is 1. The fourth-order valence-corrected chi connectivity index (χ4v) is 2.94. The molecule has 1 aliphatic heterocycles. The summed E-state index contributed by atoms with van der Waals surface area (Å²) in [6.45, 7) is 1.43. The van der Waals surface area contributed by atoms with Crippen LogP contribution in [0.3, 0.4) is 0 Å². The Labute approximate surface area is 150 Å². The highest BCUT2D eigenvalue weighted by atomic mass is 35.5. The summed E-state index contributed by atoms with van der Waals surface area (Å²) < 4.78 is 11.5. The van der Waals surface area contributed by atoms with Gasteiger partial charge in [0, 0.05) is 24.6 Å². The van der Waals surface area contributed by atoms with Crippen molar-refractivity contribution < 1.29 is 9.47 Å². The lowest BCUT2D eigenvalue weighted by atomic mass is 10.1. The molecule has 0 spiro atoms. The van der Waals surface area contributed by atoms with E-state index >= 15 is 0 Å². The smallest absolute Gasteiger partial charge is 0.226 e. The maximum atomic E-state index is 6.16. The van der Waals surface area contributed by atoms with Crippen molar-refractivity contribution in [1.29, 1.82) is 0 Å². The van der Waals surface area contributed by atoms with E-state index in [0.29, 0.717) is 29.8 Å². The van der Waals surface area contributed by atoms with Gasteiger partial charge in [0.05, 0.1) is 29.1 Å². The Balaban J connectivity index is 1.69. The number of rotatable bonds is 2. The van der Waals surface area contributed by atoms with Crippen molar-refractivity contribution in [1.82, 2.24) is 15.2 Å². The van der Waals surface area contributed by atoms with Gasteiger partial charge in [0.25, 0.3) is 0 Å². The first-order valence-corrected chi connectivity index (χ1v) is 8.53. The van der Waals surface area contributed by atoms with Gasteiger partial charge in [-0.3, -0.25) is 5.10 Å². The second-order valence-electron chi connectivity index (χ2n) is 5.77. The SMILES string of the molecule is Clc1ccccc1C#Cc1n[nH]c2ccnc(OC3CCOCC3)c12. The molecular weight excluding hydrogens is 338 g/mol. The molecule has 2 aromatic heterocycles. The number of pyridine rings is 1. The maximum absolute atomic E-state index is 6.16. The van der Waals surface area contributed by atoms with Crippen LogP contribution >= 0.6 is 11.6 Å². The zero-order valence-electron chi connectivity index (χ0n) is 13.5. The van der Waals surface area contributed by atoms with Crippen molar-refractivity contribution in [3.63, 3.8) is 0 Å². The monoisotopic (exact) mass is 353 g/mol. The second-order valence-corrected chi connectivity index (χ2v) is 6.18. The summed E-state index contributed by atoms with van der Waals surface area (Å²) in [5.74, 6) is 6.71. The molecule has 0 saturated carbocycles. The van der Waals surface area contributed by atoms with E-state index in [1.807, 2.05) is 30.3 Å². The molecule has 0 bridgehead atoms. The molecule has 0 radical (unpaired) electrons. The van der Waals surface area contributed by atoms with Gasteiger partial charge in [-0.25, -0.2) is 4.98 Å². The minimum Gasteiger partial charge on any atom is -0.474 e. The van der Waals surface area contributed by atoms with E-state index in [1.165, 1.54) is 0 Å². The lowest BCUT2D eigenvalue weighted by Crippen LogP contribution is -2.26. The number of halogens is 1. The van der Waals surface area contributed by atoms with Gasteiger partial charge in [0.1, 0.15) is 11.8 Å². The van der Waals surface area contributed by atoms with Gasteiger partial charge in [-0.05, 0) is 24.1 Å². The summed E-state index contributed by atoms with van der Waals surface area (Å²) in [6, 6.07) is 9.33. The fraction of sp³-hybridized carbons (Fsp3) is 0.263. The summed E-state index contributed by atoms with van der Waals surface area (Å²) in [7, 11) is 0. The Kier molecular flexibility index (Phi) is 4.55. The third kappa shape index (κ3) is 3.46. The Morgan fingerprint density at radius 1 is 1.16 bits per heavy atom. The van der Waals surface area contributed by atoms with Crippen molar-refractivity contribution >= 4 is 22.5 Å². The van der Waals surface area contributed by atoms with E-state index in [9.17, 15) is 0 Å². The van der Waals surface area contributed by atoms with Gasteiger partial charge >= 0.3 is 0 Å². The van der Waals surface area contributed by atoms with Crippen LogP contribution in [-0.2, 0) is 4.74 Å². The largest absolute Gasteiger partial charge is 0.474 e. The molecule has 3 aromatic rings.